The van der Waals surface area contributed by atoms with Crippen molar-refractivity contribution < 1.29 is 17.7 Å². The molecule has 0 radical (unpaired) electrons. The number of aromatic nitrogens is 4. The molecule has 26 aromatic rings. The SMILES string of the molecule is N#Cc1cc(C#N)cc(-c2ccc(-c3cc(-n4c5ccccc5c5c6oc7ccccc7c6ccc54)cc(-n4c5ccccc5c5c6oc7ccccc7c6ccc54)c3)cc2)c1.N#Cc1ccc(-c2ccc(-c3cc(-n4c5ccccc5c5c6oc7ccccc7c6ccc54)cc(-n4c5ccccc5c5c6oc7ccccc7c6ccc54)c3)c(C#N)c2)cc1. The van der Waals surface area contributed by atoms with Gasteiger partial charge in [-0.3, -0.25) is 0 Å². The molecule has 18 aromatic carbocycles. The van der Waals surface area contributed by atoms with Crippen LogP contribution in [0, 0.1) is 45.3 Å². The Morgan fingerprint density at radius 3 is 0.798 bits per heavy atom. The Morgan fingerprint density at radius 2 is 0.468 bits per heavy atom. The van der Waals surface area contributed by atoms with Crippen molar-refractivity contribution in [3.8, 4) is 91.5 Å². The van der Waals surface area contributed by atoms with E-state index in [0.29, 0.717) is 22.3 Å². The van der Waals surface area contributed by atoms with Crippen molar-refractivity contribution in [2.45, 2.75) is 0 Å². The first-order valence-corrected chi connectivity index (χ1v) is 41.0. The lowest BCUT2D eigenvalue weighted by molar-refractivity contribution is 0.672. The summed E-state index contributed by atoms with van der Waals surface area (Å²) < 4.78 is 36.0. The molecule has 572 valence electrons. The molecule has 0 unspecified atom stereocenters. The van der Waals surface area contributed by atoms with Crippen LogP contribution in [0.15, 0.2) is 382 Å². The van der Waals surface area contributed by atoms with Crippen molar-refractivity contribution in [2.75, 3.05) is 0 Å². The fourth-order valence-electron chi connectivity index (χ4n) is 19.7. The number of hydrogen-bond acceptors (Lipinski definition) is 8. The number of benzene rings is 18. The van der Waals surface area contributed by atoms with Crippen LogP contribution in [0.1, 0.15) is 22.3 Å². The van der Waals surface area contributed by atoms with Crippen molar-refractivity contribution in [3.63, 3.8) is 0 Å². The van der Waals surface area contributed by atoms with Crippen LogP contribution < -0.4 is 0 Å². The number of rotatable bonds is 8. The van der Waals surface area contributed by atoms with Crippen molar-refractivity contribution in [3.05, 3.63) is 386 Å². The third-order valence-corrected chi connectivity index (χ3v) is 25.1. The molecular formula is C112H60N8O4. The van der Waals surface area contributed by atoms with Gasteiger partial charge < -0.3 is 35.9 Å². The number of para-hydroxylation sites is 8. The first kappa shape index (κ1) is 69.4. The lowest BCUT2D eigenvalue weighted by Gasteiger charge is -2.17. The standard InChI is InChI=1S/2C56H30N4O2/c57-31-33-25-34(32-58)27-37(26-33)35-17-19-36(20-18-35)38-28-39(59-47-13-5-1-11-45(47)53-49(59)23-21-43-41-9-3-7-15-51(41)61-55(43)53)30-40(29-38)60-48-14-6-2-12-46(48)54-50(60)24-22-44-42-10-4-8-16-52(42)62-56(44)54;57-31-33-17-19-34(20-18-33)35-21-22-40(37(27-35)32-58)36-28-38(59-47-13-5-1-11-45(47)53-49(59)25-23-43-41-9-3-7-15-51(41)61-55(43)53)30-39(29-36)60-48-14-6-2-12-46(48)54-50(60)26-24-44-42-10-4-8-16-52(42)62-56(44)54/h2*1-30H. The molecule has 12 nitrogen and oxygen atoms in total. The lowest BCUT2D eigenvalue weighted by Crippen LogP contribution is -2.00. The van der Waals surface area contributed by atoms with Gasteiger partial charge in [-0.05, 0) is 214 Å². The molecule has 0 spiro atoms. The molecule has 0 atom stereocenters. The second-order valence-electron chi connectivity index (χ2n) is 31.8. The van der Waals surface area contributed by atoms with Gasteiger partial charge in [-0.25, -0.2) is 0 Å². The zero-order chi connectivity index (χ0) is 82.1. The summed E-state index contributed by atoms with van der Waals surface area (Å²) in [6, 6.07) is 134. The highest BCUT2D eigenvalue weighted by Crippen LogP contribution is 2.49. The third kappa shape index (κ3) is 10.4. The molecule has 0 aliphatic heterocycles. The van der Waals surface area contributed by atoms with Crippen LogP contribution in [0.5, 0.6) is 0 Å². The van der Waals surface area contributed by atoms with Crippen molar-refractivity contribution >= 4 is 175 Å². The minimum absolute atomic E-state index is 0.456. The van der Waals surface area contributed by atoms with Gasteiger partial charge in [0, 0.05) is 87.4 Å². The van der Waals surface area contributed by atoms with Crippen LogP contribution in [0.4, 0.5) is 0 Å². The summed E-state index contributed by atoms with van der Waals surface area (Å²) in [6.07, 6.45) is 0. The number of nitrogens with zero attached hydrogens (tertiary/aromatic N) is 8. The Bertz CT molecular complexity index is 8880. The predicted octanol–water partition coefficient (Wildman–Crippen LogP) is 29.5. The van der Waals surface area contributed by atoms with Crippen LogP contribution in [0.3, 0.4) is 0 Å². The van der Waals surface area contributed by atoms with E-state index in [4.69, 9.17) is 17.7 Å². The van der Waals surface area contributed by atoms with E-state index < -0.39 is 0 Å². The van der Waals surface area contributed by atoms with E-state index in [-0.39, 0.29) is 0 Å². The number of nitriles is 4. The molecular weight excluding hydrogens is 1520 g/mol. The van der Waals surface area contributed by atoms with Crippen molar-refractivity contribution in [2.24, 2.45) is 0 Å². The summed E-state index contributed by atoms with van der Waals surface area (Å²) in [4.78, 5) is 0. The van der Waals surface area contributed by atoms with Crippen LogP contribution in [0.25, 0.3) is 242 Å². The van der Waals surface area contributed by atoms with Crippen molar-refractivity contribution in [1.29, 1.82) is 21.0 Å². The monoisotopic (exact) mass is 1580 g/mol. The Morgan fingerprint density at radius 1 is 0.185 bits per heavy atom. The summed E-state index contributed by atoms with van der Waals surface area (Å²) in [5.41, 5.74) is 28.6. The summed E-state index contributed by atoms with van der Waals surface area (Å²) in [7, 11) is 0. The Balaban J connectivity index is 0.000000136. The van der Waals surface area contributed by atoms with Gasteiger partial charge in [-0.1, -0.05) is 194 Å². The van der Waals surface area contributed by atoms with Crippen molar-refractivity contribution in [1.82, 2.24) is 18.3 Å². The van der Waals surface area contributed by atoms with Gasteiger partial charge in [-0.15, -0.1) is 0 Å². The summed E-state index contributed by atoms with van der Waals surface area (Å²) in [5.74, 6) is 0. The fourth-order valence-corrected chi connectivity index (χ4v) is 19.7. The Kier molecular flexibility index (Phi) is 15.1. The van der Waals surface area contributed by atoms with E-state index in [1.807, 2.05) is 84.9 Å². The molecule has 0 amide bonds. The maximum Gasteiger partial charge on any atom is 0.145 e. The van der Waals surface area contributed by atoms with Gasteiger partial charge in [0.25, 0.3) is 0 Å². The fraction of sp³-hybridized carbons (Fsp3) is 0. The molecule has 12 heteroatoms. The second kappa shape index (κ2) is 26.9. The molecule has 0 bridgehead atoms. The van der Waals surface area contributed by atoms with Gasteiger partial charge in [-0.2, -0.15) is 21.0 Å². The van der Waals surface area contributed by atoms with Crippen LogP contribution >= 0.6 is 0 Å². The van der Waals surface area contributed by atoms with Gasteiger partial charge in [0.2, 0.25) is 0 Å². The van der Waals surface area contributed by atoms with E-state index in [0.717, 1.165) is 242 Å². The first-order chi connectivity index (χ1) is 61.3. The maximum absolute atomic E-state index is 10.8. The zero-order valence-corrected chi connectivity index (χ0v) is 65.9. The molecule has 8 heterocycles. The summed E-state index contributed by atoms with van der Waals surface area (Å²) in [6.45, 7) is 0. The molecule has 0 aliphatic rings. The highest BCUT2D eigenvalue weighted by molar-refractivity contribution is 6.28. The average Bonchev–Trinajstić information content (AvgIpc) is 1.57. The number of furan rings is 4. The molecule has 0 saturated carbocycles. The highest BCUT2D eigenvalue weighted by atomic mass is 16.3. The largest absolute Gasteiger partial charge is 0.455 e. The molecule has 0 N–H and O–H groups in total. The lowest BCUT2D eigenvalue weighted by atomic mass is 9.94. The molecule has 8 aromatic heterocycles. The molecule has 124 heavy (non-hydrogen) atoms. The molecule has 0 fully saturated rings. The van der Waals surface area contributed by atoms with Gasteiger partial charge in [0.15, 0.2) is 0 Å². The van der Waals surface area contributed by atoms with E-state index in [9.17, 15) is 21.0 Å². The smallest absolute Gasteiger partial charge is 0.145 e. The topological polar surface area (TPSA) is 167 Å². The van der Waals surface area contributed by atoms with E-state index in [1.54, 1.807) is 18.2 Å². The average molecular weight is 1580 g/mol. The van der Waals surface area contributed by atoms with Crippen LogP contribution in [0.2, 0.25) is 0 Å². The number of hydrogen-bond donors (Lipinski definition) is 0. The minimum atomic E-state index is 0.456. The number of fused-ring (bicyclic) bond motifs is 28. The highest BCUT2D eigenvalue weighted by Gasteiger charge is 2.27. The third-order valence-electron chi connectivity index (χ3n) is 25.1. The molecule has 26 rings (SSSR count). The Hall–Kier alpha value is -17.7. The minimum Gasteiger partial charge on any atom is -0.455 e. The van der Waals surface area contributed by atoms with Gasteiger partial charge >= 0.3 is 0 Å². The summed E-state index contributed by atoms with van der Waals surface area (Å²) in [5, 5.41) is 57.0. The Labute approximate surface area is 705 Å². The van der Waals surface area contributed by atoms with Crippen LogP contribution in [-0.4, -0.2) is 18.3 Å². The molecule has 0 saturated heterocycles. The van der Waals surface area contributed by atoms with Gasteiger partial charge in [0.05, 0.1) is 112 Å². The normalized spacial score (nSPS) is 11.8. The quantitative estimate of drug-likeness (QED) is 0.145. The van der Waals surface area contributed by atoms with E-state index in [2.05, 4.69) is 303 Å². The molecule has 0 aliphatic carbocycles. The van der Waals surface area contributed by atoms with Gasteiger partial charge in [0.1, 0.15) is 44.7 Å². The van der Waals surface area contributed by atoms with E-state index in [1.165, 1.54) is 0 Å². The van der Waals surface area contributed by atoms with E-state index >= 15 is 0 Å². The second-order valence-corrected chi connectivity index (χ2v) is 31.8. The summed E-state index contributed by atoms with van der Waals surface area (Å²) >= 11 is 0. The predicted molar refractivity (Wildman–Crippen MR) is 500 cm³/mol. The maximum atomic E-state index is 10.8. The van der Waals surface area contributed by atoms with Crippen LogP contribution in [-0.2, 0) is 0 Å². The first-order valence-electron chi connectivity index (χ1n) is 41.0. The zero-order valence-electron chi connectivity index (χ0n) is 65.9.